The molecule has 0 N–H and O–H groups in total. The minimum Gasteiger partial charge on any atom is -0.497 e. The van der Waals surface area contributed by atoms with Gasteiger partial charge in [-0.15, -0.1) is 24.2 Å². The van der Waals surface area contributed by atoms with Crippen molar-refractivity contribution in [2.75, 3.05) is 59.2 Å². The van der Waals surface area contributed by atoms with Crippen molar-refractivity contribution in [1.82, 2.24) is 9.88 Å². The molecule has 35 heavy (non-hydrogen) atoms. The van der Waals surface area contributed by atoms with E-state index >= 15 is 0 Å². The zero-order valence-electron chi connectivity index (χ0n) is 20.9. The van der Waals surface area contributed by atoms with E-state index in [0.29, 0.717) is 23.8 Å². The Morgan fingerprint density at radius 2 is 1.63 bits per heavy atom. The highest BCUT2D eigenvalue weighted by Crippen LogP contribution is 2.40. The Labute approximate surface area is 222 Å². The average Bonchev–Trinajstić information content (AvgIpc) is 3.29. The molecule has 0 aliphatic carbocycles. The second-order valence-electron chi connectivity index (χ2n) is 7.97. The highest BCUT2D eigenvalue weighted by Gasteiger charge is 2.22. The molecule has 10 heteroatoms. The summed E-state index contributed by atoms with van der Waals surface area (Å²) in [4.78, 5) is 23.2. The SMILES string of the molecule is COc1ccc(SCCCC(=O)N(CCCN(C)C)c2nc3c(OC)ccc(OC)c3s2)cc1.Cl. The van der Waals surface area contributed by atoms with Gasteiger partial charge in [0.1, 0.15) is 27.5 Å². The molecule has 3 rings (SSSR count). The number of hydrogen-bond acceptors (Lipinski definition) is 8. The van der Waals surface area contributed by atoms with E-state index in [4.69, 9.17) is 19.2 Å². The molecule has 0 radical (unpaired) electrons. The van der Waals surface area contributed by atoms with Crippen LogP contribution in [0, 0.1) is 0 Å². The molecule has 1 aromatic heterocycles. The third-order valence-corrected chi connectivity index (χ3v) is 7.47. The van der Waals surface area contributed by atoms with Crippen molar-refractivity contribution in [1.29, 1.82) is 0 Å². The third kappa shape index (κ3) is 7.90. The number of rotatable bonds is 13. The molecule has 0 aliphatic rings. The van der Waals surface area contributed by atoms with Gasteiger partial charge in [0.15, 0.2) is 5.13 Å². The van der Waals surface area contributed by atoms with E-state index in [1.165, 1.54) is 16.2 Å². The fourth-order valence-corrected chi connectivity index (χ4v) is 5.45. The molecular weight excluding hydrogens is 506 g/mol. The van der Waals surface area contributed by atoms with Crippen LogP contribution < -0.4 is 19.1 Å². The Morgan fingerprint density at radius 3 is 2.26 bits per heavy atom. The maximum Gasteiger partial charge on any atom is 0.228 e. The van der Waals surface area contributed by atoms with E-state index in [2.05, 4.69) is 4.90 Å². The summed E-state index contributed by atoms with van der Waals surface area (Å²) in [5.74, 6) is 3.21. The van der Waals surface area contributed by atoms with Gasteiger partial charge in [0.05, 0.1) is 21.3 Å². The molecule has 0 spiro atoms. The van der Waals surface area contributed by atoms with Crippen LogP contribution in [0.5, 0.6) is 17.2 Å². The smallest absolute Gasteiger partial charge is 0.228 e. The highest BCUT2D eigenvalue weighted by atomic mass is 35.5. The van der Waals surface area contributed by atoms with Gasteiger partial charge >= 0.3 is 0 Å². The first-order valence-electron chi connectivity index (χ1n) is 11.2. The Hall–Kier alpha value is -2.20. The van der Waals surface area contributed by atoms with E-state index in [0.717, 1.165) is 46.9 Å². The van der Waals surface area contributed by atoms with Gasteiger partial charge in [-0.2, -0.15) is 0 Å². The summed E-state index contributed by atoms with van der Waals surface area (Å²) in [6, 6.07) is 11.7. The largest absolute Gasteiger partial charge is 0.497 e. The number of carbonyl (C=O) groups is 1. The quantitative estimate of drug-likeness (QED) is 0.207. The van der Waals surface area contributed by atoms with Gasteiger partial charge in [-0.1, -0.05) is 11.3 Å². The Morgan fingerprint density at radius 1 is 0.943 bits per heavy atom. The van der Waals surface area contributed by atoms with Crippen LogP contribution in [0.3, 0.4) is 0 Å². The number of carbonyl (C=O) groups excluding carboxylic acids is 1. The van der Waals surface area contributed by atoms with Crippen LogP contribution in [0.25, 0.3) is 10.2 Å². The predicted molar refractivity (Wildman–Crippen MR) is 148 cm³/mol. The van der Waals surface area contributed by atoms with E-state index in [1.54, 1.807) is 33.1 Å². The molecule has 0 saturated carbocycles. The van der Waals surface area contributed by atoms with Gasteiger partial charge in [0, 0.05) is 17.9 Å². The van der Waals surface area contributed by atoms with E-state index in [9.17, 15) is 4.79 Å². The lowest BCUT2D eigenvalue weighted by molar-refractivity contribution is -0.118. The maximum absolute atomic E-state index is 13.3. The molecule has 0 bridgehead atoms. The summed E-state index contributed by atoms with van der Waals surface area (Å²) in [5, 5.41) is 0.685. The molecule has 0 aliphatic heterocycles. The summed E-state index contributed by atoms with van der Waals surface area (Å²) in [5.41, 5.74) is 0.724. The monoisotopic (exact) mass is 539 g/mol. The van der Waals surface area contributed by atoms with Crippen molar-refractivity contribution in [3.8, 4) is 17.2 Å². The first-order valence-corrected chi connectivity index (χ1v) is 13.0. The van der Waals surface area contributed by atoms with E-state index in [1.807, 2.05) is 55.4 Å². The number of aromatic nitrogens is 1. The molecule has 1 heterocycles. The number of ether oxygens (including phenoxy) is 3. The zero-order valence-corrected chi connectivity index (χ0v) is 23.4. The maximum atomic E-state index is 13.3. The van der Waals surface area contributed by atoms with Crippen LogP contribution in [0.1, 0.15) is 19.3 Å². The number of hydrogen-bond donors (Lipinski definition) is 0. The molecule has 3 aromatic rings. The molecule has 0 saturated heterocycles. The van der Waals surface area contributed by atoms with Crippen molar-refractivity contribution in [2.45, 2.75) is 24.2 Å². The molecule has 1 amide bonds. The first kappa shape index (κ1) is 29.0. The Bertz CT molecular complexity index is 1040. The number of benzene rings is 2. The number of thioether (sulfide) groups is 1. The molecule has 2 aromatic carbocycles. The number of amides is 1. The van der Waals surface area contributed by atoms with Gasteiger partial charge in [-0.3, -0.25) is 9.69 Å². The fraction of sp³-hybridized carbons (Fsp3) is 0.440. The normalized spacial score (nSPS) is 10.8. The minimum atomic E-state index is 0. The van der Waals surface area contributed by atoms with Crippen molar-refractivity contribution in [3.63, 3.8) is 0 Å². The summed E-state index contributed by atoms with van der Waals surface area (Å²) in [7, 11) is 9.00. The number of anilines is 1. The number of nitrogens with zero attached hydrogens (tertiary/aromatic N) is 3. The molecule has 7 nitrogen and oxygen atoms in total. The van der Waals surface area contributed by atoms with Gasteiger partial charge in [-0.25, -0.2) is 4.98 Å². The number of thiazole rings is 1. The van der Waals surface area contributed by atoms with Crippen LogP contribution in [-0.4, -0.2) is 70.1 Å². The van der Waals surface area contributed by atoms with Gasteiger partial charge < -0.3 is 19.1 Å². The first-order chi connectivity index (χ1) is 16.5. The zero-order chi connectivity index (χ0) is 24.5. The third-order valence-electron chi connectivity index (χ3n) is 5.28. The van der Waals surface area contributed by atoms with Crippen LogP contribution in [0.15, 0.2) is 41.3 Å². The van der Waals surface area contributed by atoms with Gasteiger partial charge in [0.2, 0.25) is 5.91 Å². The van der Waals surface area contributed by atoms with Crippen LogP contribution in [0.4, 0.5) is 5.13 Å². The number of methoxy groups -OCH3 is 3. The summed E-state index contributed by atoms with van der Waals surface area (Å²) in [6.07, 6.45) is 2.12. The average molecular weight is 540 g/mol. The van der Waals surface area contributed by atoms with Crippen molar-refractivity contribution >= 4 is 56.8 Å². The second kappa shape index (κ2) is 14.4. The van der Waals surface area contributed by atoms with Gasteiger partial charge in [-0.05, 0) is 75.6 Å². The van der Waals surface area contributed by atoms with Crippen molar-refractivity contribution in [2.24, 2.45) is 0 Å². The lowest BCUT2D eigenvalue weighted by atomic mass is 10.3. The van der Waals surface area contributed by atoms with Crippen LogP contribution in [0.2, 0.25) is 0 Å². The standard InChI is InChI=1S/C25H33N3O4S2.ClH/c1-27(2)15-7-16-28(22(29)8-6-17-33-19-11-9-18(30-3)10-12-19)25-26-23-20(31-4)13-14-21(32-5)24(23)34-25;/h9-14H,6-8,15-17H2,1-5H3;1H. The van der Waals surface area contributed by atoms with Gasteiger partial charge in [0.25, 0.3) is 0 Å². The second-order valence-corrected chi connectivity index (χ2v) is 10.1. The van der Waals surface area contributed by atoms with Crippen LogP contribution in [-0.2, 0) is 4.79 Å². The predicted octanol–water partition coefficient (Wildman–Crippen LogP) is 5.60. The van der Waals surface area contributed by atoms with E-state index < -0.39 is 0 Å². The molecule has 0 atom stereocenters. The summed E-state index contributed by atoms with van der Waals surface area (Å²) in [6.45, 7) is 1.52. The lowest BCUT2D eigenvalue weighted by Crippen LogP contribution is -2.33. The number of halogens is 1. The lowest BCUT2D eigenvalue weighted by Gasteiger charge is -2.21. The molecular formula is C25H34ClN3O4S2. The molecule has 192 valence electrons. The fourth-order valence-electron chi connectivity index (χ4n) is 3.48. The van der Waals surface area contributed by atoms with Crippen molar-refractivity contribution in [3.05, 3.63) is 36.4 Å². The Balaban J connectivity index is 0.00000432. The molecule has 0 fully saturated rings. The minimum absolute atomic E-state index is 0. The van der Waals surface area contributed by atoms with Crippen molar-refractivity contribution < 1.29 is 19.0 Å². The topological polar surface area (TPSA) is 64.1 Å². The Kier molecular flexibility index (Phi) is 11.9. The highest BCUT2D eigenvalue weighted by molar-refractivity contribution is 7.99. The summed E-state index contributed by atoms with van der Waals surface area (Å²) >= 11 is 3.22. The van der Waals surface area contributed by atoms with E-state index in [-0.39, 0.29) is 18.3 Å². The van der Waals surface area contributed by atoms with Crippen LogP contribution >= 0.6 is 35.5 Å². The summed E-state index contributed by atoms with van der Waals surface area (Å²) < 4.78 is 17.1. The molecule has 0 unspecified atom stereocenters. The number of fused-ring (bicyclic) bond motifs is 1.